The molecular weight excluding hydrogens is 272 g/mol. The van der Waals surface area contributed by atoms with E-state index in [1.807, 2.05) is 25.3 Å². The Hall–Kier alpha value is -1.87. The van der Waals surface area contributed by atoms with Gasteiger partial charge in [0.25, 0.3) is 0 Å². The average molecular weight is 294 g/mol. The summed E-state index contributed by atoms with van der Waals surface area (Å²) in [5, 5.41) is 10.2. The molecule has 1 aromatic carbocycles. The molecule has 3 heteroatoms. The fourth-order valence-electron chi connectivity index (χ4n) is 4.09. The van der Waals surface area contributed by atoms with Gasteiger partial charge in [-0.05, 0) is 68.1 Å². The quantitative estimate of drug-likeness (QED) is 0.922. The fraction of sp³-hybridized carbons (Fsp3) is 0.421. The van der Waals surface area contributed by atoms with Gasteiger partial charge in [0, 0.05) is 29.9 Å². The number of aromatic nitrogens is 1. The number of aromatic hydroxyl groups is 1. The first-order valence-corrected chi connectivity index (χ1v) is 8.06. The lowest BCUT2D eigenvalue weighted by atomic mass is 9.80. The number of benzene rings is 1. The first-order chi connectivity index (χ1) is 10.6. The molecule has 1 fully saturated rings. The van der Waals surface area contributed by atoms with Gasteiger partial charge in [0.2, 0.25) is 0 Å². The molecule has 0 saturated heterocycles. The van der Waals surface area contributed by atoms with Crippen LogP contribution in [0.1, 0.15) is 41.3 Å². The maximum atomic E-state index is 10.2. The summed E-state index contributed by atoms with van der Waals surface area (Å²) in [5.74, 6) is 0.413. The fourth-order valence-corrected chi connectivity index (χ4v) is 4.09. The molecule has 0 radical (unpaired) electrons. The normalized spacial score (nSPS) is 23.1. The van der Waals surface area contributed by atoms with Crippen LogP contribution in [0, 0.1) is 6.92 Å². The number of nitrogens with zero attached hydrogens (tertiary/aromatic N) is 2. The zero-order valence-corrected chi connectivity index (χ0v) is 13.2. The van der Waals surface area contributed by atoms with Gasteiger partial charge in [-0.1, -0.05) is 12.1 Å². The van der Waals surface area contributed by atoms with Crippen molar-refractivity contribution in [2.45, 2.75) is 37.6 Å². The van der Waals surface area contributed by atoms with Gasteiger partial charge in [0.1, 0.15) is 5.75 Å². The lowest BCUT2D eigenvalue weighted by Gasteiger charge is -2.40. The van der Waals surface area contributed by atoms with Gasteiger partial charge >= 0.3 is 0 Å². The van der Waals surface area contributed by atoms with Crippen molar-refractivity contribution in [3.05, 3.63) is 58.9 Å². The second kappa shape index (κ2) is 4.82. The van der Waals surface area contributed by atoms with Crippen molar-refractivity contribution in [3.63, 3.8) is 0 Å². The summed E-state index contributed by atoms with van der Waals surface area (Å²) in [7, 11) is 2.20. The minimum Gasteiger partial charge on any atom is -0.508 e. The number of phenolic OH excluding ortho intramolecular Hbond substituents is 1. The summed E-state index contributed by atoms with van der Waals surface area (Å²) in [4.78, 5) is 7.09. The van der Waals surface area contributed by atoms with Crippen LogP contribution >= 0.6 is 0 Å². The zero-order valence-electron chi connectivity index (χ0n) is 13.2. The van der Waals surface area contributed by atoms with Crippen LogP contribution < -0.4 is 0 Å². The van der Waals surface area contributed by atoms with Crippen molar-refractivity contribution in [2.24, 2.45) is 0 Å². The lowest BCUT2D eigenvalue weighted by molar-refractivity contribution is 0.185. The van der Waals surface area contributed by atoms with Crippen molar-refractivity contribution in [2.75, 3.05) is 13.6 Å². The van der Waals surface area contributed by atoms with Crippen molar-refractivity contribution in [3.8, 4) is 5.75 Å². The molecule has 22 heavy (non-hydrogen) atoms. The van der Waals surface area contributed by atoms with Gasteiger partial charge < -0.3 is 5.11 Å². The molecule has 2 aliphatic rings. The lowest BCUT2D eigenvalue weighted by Crippen LogP contribution is -2.39. The third-order valence-corrected chi connectivity index (χ3v) is 5.41. The smallest absolute Gasteiger partial charge is 0.118 e. The number of rotatable bonds is 2. The van der Waals surface area contributed by atoms with Gasteiger partial charge in [0.15, 0.2) is 0 Å². The Morgan fingerprint density at radius 1 is 1.27 bits per heavy atom. The molecule has 1 saturated carbocycles. The van der Waals surface area contributed by atoms with E-state index in [1.165, 1.54) is 29.7 Å². The van der Waals surface area contributed by atoms with Gasteiger partial charge in [-0.3, -0.25) is 9.88 Å². The Balaban J connectivity index is 1.84. The number of aryl methyl sites for hydroxylation is 1. The van der Waals surface area contributed by atoms with E-state index in [0.717, 1.165) is 18.5 Å². The Morgan fingerprint density at radius 2 is 2.09 bits per heavy atom. The molecule has 4 rings (SSSR count). The van der Waals surface area contributed by atoms with E-state index in [2.05, 4.69) is 35.1 Å². The van der Waals surface area contributed by atoms with E-state index < -0.39 is 0 Å². The number of phenols is 1. The maximum Gasteiger partial charge on any atom is 0.118 e. The van der Waals surface area contributed by atoms with E-state index in [1.54, 1.807) is 0 Å². The molecule has 2 heterocycles. The third kappa shape index (κ3) is 1.96. The summed E-state index contributed by atoms with van der Waals surface area (Å²) in [6.45, 7) is 3.05. The molecule has 114 valence electrons. The number of hydrogen-bond donors (Lipinski definition) is 1. The van der Waals surface area contributed by atoms with Crippen LogP contribution in [0.4, 0.5) is 0 Å². The zero-order chi connectivity index (χ0) is 15.3. The van der Waals surface area contributed by atoms with E-state index >= 15 is 0 Å². The summed E-state index contributed by atoms with van der Waals surface area (Å²) in [6, 6.07) is 10.7. The Morgan fingerprint density at radius 3 is 2.77 bits per heavy atom. The predicted molar refractivity (Wildman–Crippen MR) is 87.1 cm³/mol. The molecule has 3 nitrogen and oxygen atoms in total. The van der Waals surface area contributed by atoms with Crippen LogP contribution in [0.25, 0.3) is 0 Å². The number of fused-ring (bicyclic) bond motifs is 1. The minimum atomic E-state index is 0.118. The Bertz CT molecular complexity index is 707. The summed E-state index contributed by atoms with van der Waals surface area (Å²) in [5.41, 5.74) is 4.97. The molecule has 1 aliphatic heterocycles. The molecule has 0 amide bonds. The standard InChI is InChI=1S/C19H22N2O/c1-13-11-14-6-10-21(2)18(15(14)12-16(13)22)19(7-8-19)17-5-3-4-9-20-17/h3-5,9,11-12,18,22H,6-8,10H2,1-2H3. The SMILES string of the molecule is Cc1cc2c(cc1O)C(C1(c3ccccn3)CC1)N(C)CC2. The highest BCUT2D eigenvalue weighted by Crippen LogP contribution is 2.59. The average Bonchev–Trinajstić information content (AvgIpc) is 3.31. The van der Waals surface area contributed by atoms with E-state index in [0.29, 0.717) is 11.8 Å². The van der Waals surface area contributed by atoms with E-state index in [4.69, 9.17) is 0 Å². The molecule has 2 aromatic rings. The first kappa shape index (κ1) is 13.8. The van der Waals surface area contributed by atoms with Gasteiger partial charge in [-0.25, -0.2) is 0 Å². The highest BCUT2D eigenvalue weighted by atomic mass is 16.3. The first-order valence-electron chi connectivity index (χ1n) is 8.06. The van der Waals surface area contributed by atoms with Crippen molar-refractivity contribution >= 4 is 0 Å². The largest absolute Gasteiger partial charge is 0.508 e. The van der Waals surface area contributed by atoms with Crippen LogP contribution in [0.15, 0.2) is 36.5 Å². The molecule has 1 aliphatic carbocycles. The second-order valence-corrected chi connectivity index (χ2v) is 6.84. The summed E-state index contributed by atoms with van der Waals surface area (Å²) >= 11 is 0. The van der Waals surface area contributed by atoms with Gasteiger partial charge in [-0.15, -0.1) is 0 Å². The van der Waals surface area contributed by atoms with Crippen LogP contribution in [-0.4, -0.2) is 28.6 Å². The van der Waals surface area contributed by atoms with Crippen LogP contribution in [0.5, 0.6) is 5.75 Å². The Labute approximate surface area is 131 Å². The third-order valence-electron chi connectivity index (χ3n) is 5.41. The monoisotopic (exact) mass is 294 g/mol. The molecule has 1 atom stereocenters. The summed E-state index contributed by atoms with van der Waals surface area (Å²) < 4.78 is 0. The number of likely N-dealkylation sites (N-methyl/N-ethyl adjacent to an activating group) is 1. The molecular formula is C19H22N2O. The number of hydrogen-bond acceptors (Lipinski definition) is 3. The van der Waals surface area contributed by atoms with Gasteiger partial charge in [-0.2, -0.15) is 0 Å². The number of pyridine rings is 1. The molecule has 1 aromatic heterocycles. The highest BCUT2D eigenvalue weighted by molar-refractivity contribution is 5.47. The predicted octanol–water partition coefficient (Wildman–Crippen LogP) is 3.36. The van der Waals surface area contributed by atoms with E-state index in [9.17, 15) is 5.11 Å². The topological polar surface area (TPSA) is 36.4 Å². The molecule has 1 unspecified atom stereocenters. The van der Waals surface area contributed by atoms with Crippen molar-refractivity contribution < 1.29 is 5.11 Å². The highest BCUT2D eigenvalue weighted by Gasteiger charge is 2.55. The van der Waals surface area contributed by atoms with Crippen molar-refractivity contribution in [1.82, 2.24) is 9.88 Å². The Kier molecular flexibility index (Phi) is 3.01. The molecule has 0 bridgehead atoms. The van der Waals surface area contributed by atoms with Crippen molar-refractivity contribution in [1.29, 1.82) is 0 Å². The van der Waals surface area contributed by atoms with E-state index in [-0.39, 0.29) is 5.41 Å². The minimum absolute atomic E-state index is 0.118. The second-order valence-electron chi connectivity index (χ2n) is 6.84. The van der Waals surface area contributed by atoms with Crippen LogP contribution in [-0.2, 0) is 11.8 Å². The van der Waals surface area contributed by atoms with Crippen LogP contribution in [0.2, 0.25) is 0 Å². The van der Waals surface area contributed by atoms with Gasteiger partial charge in [0.05, 0.1) is 0 Å². The summed E-state index contributed by atoms with van der Waals surface area (Å²) in [6.07, 6.45) is 5.30. The maximum absolute atomic E-state index is 10.2. The molecule has 1 N–H and O–H groups in total. The molecule has 0 spiro atoms. The van der Waals surface area contributed by atoms with Crippen LogP contribution in [0.3, 0.4) is 0 Å².